The maximum Gasteiger partial charge on any atom is 0.306 e. The lowest BCUT2D eigenvalue weighted by Crippen LogP contribution is -2.58. The molecular weight excluding hydrogens is 262 g/mol. The lowest BCUT2D eigenvalue weighted by atomic mass is 9.82. The lowest BCUT2D eigenvalue weighted by Gasteiger charge is -2.28. The van der Waals surface area contributed by atoms with Gasteiger partial charge in [-0.1, -0.05) is 0 Å². The minimum atomic E-state index is -0.713. The molecule has 2 fully saturated rings. The molecule has 0 bridgehead atoms. The van der Waals surface area contributed by atoms with Crippen molar-refractivity contribution in [2.45, 2.75) is 31.7 Å². The lowest BCUT2D eigenvalue weighted by molar-refractivity contribution is -0.143. The molecular formula is C13H21N3O4. The molecule has 2 amide bonds. The predicted octanol–water partition coefficient (Wildman–Crippen LogP) is -0.918. The van der Waals surface area contributed by atoms with Crippen LogP contribution in [0.15, 0.2) is 0 Å². The number of hydrogen-bond donors (Lipinski definition) is 4. The Morgan fingerprint density at radius 2 is 1.95 bits per heavy atom. The van der Waals surface area contributed by atoms with E-state index in [1.807, 2.05) is 0 Å². The van der Waals surface area contributed by atoms with Crippen LogP contribution in [0.2, 0.25) is 0 Å². The number of hydrogen-bond acceptors (Lipinski definition) is 4. The van der Waals surface area contributed by atoms with Crippen LogP contribution in [-0.2, 0) is 14.4 Å². The summed E-state index contributed by atoms with van der Waals surface area (Å²) < 4.78 is 0. The molecule has 0 aromatic rings. The number of carboxylic acids is 1. The summed E-state index contributed by atoms with van der Waals surface area (Å²) in [4.78, 5) is 33.7. The molecule has 2 aliphatic rings. The molecule has 0 aromatic heterocycles. The van der Waals surface area contributed by atoms with Crippen molar-refractivity contribution in [2.24, 2.45) is 11.8 Å². The van der Waals surface area contributed by atoms with Gasteiger partial charge in [-0.05, 0) is 31.6 Å². The SMILES string of the molecule is O=C1CNC(C(=O)NCC2CCC(C(=O)O)CC2)CN1. The van der Waals surface area contributed by atoms with Gasteiger partial charge in [-0.25, -0.2) is 0 Å². The van der Waals surface area contributed by atoms with Gasteiger partial charge in [0, 0.05) is 13.1 Å². The summed E-state index contributed by atoms with van der Waals surface area (Å²) in [6, 6.07) is -0.372. The number of carbonyl (C=O) groups is 3. The predicted molar refractivity (Wildman–Crippen MR) is 70.9 cm³/mol. The van der Waals surface area contributed by atoms with Crippen molar-refractivity contribution in [3.8, 4) is 0 Å². The van der Waals surface area contributed by atoms with Gasteiger partial charge >= 0.3 is 5.97 Å². The smallest absolute Gasteiger partial charge is 0.306 e. The summed E-state index contributed by atoms with van der Waals surface area (Å²) in [5, 5.41) is 17.3. The molecule has 0 spiro atoms. The summed E-state index contributed by atoms with van der Waals surface area (Å²) in [6.07, 6.45) is 3.05. The van der Waals surface area contributed by atoms with Crippen LogP contribution in [0.1, 0.15) is 25.7 Å². The van der Waals surface area contributed by atoms with Crippen LogP contribution in [0.25, 0.3) is 0 Å². The Labute approximate surface area is 117 Å². The van der Waals surface area contributed by atoms with E-state index in [2.05, 4.69) is 16.0 Å². The van der Waals surface area contributed by atoms with Gasteiger partial charge in [0.15, 0.2) is 0 Å². The summed E-state index contributed by atoms with van der Waals surface area (Å²) in [6.45, 7) is 1.07. The molecule has 20 heavy (non-hydrogen) atoms. The molecule has 2 rings (SSSR count). The fourth-order valence-corrected chi connectivity index (χ4v) is 2.73. The van der Waals surface area contributed by atoms with E-state index in [0.29, 0.717) is 31.8 Å². The fraction of sp³-hybridized carbons (Fsp3) is 0.769. The molecule has 4 N–H and O–H groups in total. The van der Waals surface area contributed by atoms with Crippen LogP contribution in [-0.4, -0.2) is 48.6 Å². The second-order valence-corrected chi connectivity index (χ2v) is 5.54. The largest absolute Gasteiger partial charge is 0.481 e. The Morgan fingerprint density at radius 3 is 2.50 bits per heavy atom. The minimum Gasteiger partial charge on any atom is -0.481 e. The van der Waals surface area contributed by atoms with Gasteiger partial charge in [-0.3, -0.25) is 19.7 Å². The van der Waals surface area contributed by atoms with Crippen molar-refractivity contribution in [1.29, 1.82) is 0 Å². The second kappa shape index (κ2) is 6.69. The van der Waals surface area contributed by atoms with Crippen molar-refractivity contribution >= 4 is 17.8 Å². The molecule has 0 radical (unpaired) electrons. The maximum atomic E-state index is 11.9. The number of carboxylic acid groups (broad SMARTS) is 1. The molecule has 7 nitrogen and oxygen atoms in total. The number of carbonyl (C=O) groups excluding carboxylic acids is 2. The zero-order valence-electron chi connectivity index (χ0n) is 11.4. The zero-order valence-corrected chi connectivity index (χ0v) is 11.4. The van der Waals surface area contributed by atoms with E-state index in [1.54, 1.807) is 0 Å². The number of amides is 2. The zero-order chi connectivity index (χ0) is 14.5. The van der Waals surface area contributed by atoms with E-state index in [4.69, 9.17) is 5.11 Å². The highest BCUT2D eigenvalue weighted by atomic mass is 16.4. The van der Waals surface area contributed by atoms with E-state index in [0.717, 1.165) is 12.8 Å². The highest BCUT2D eigenvalue weighted by Gasteiger charge is 2.27. The molecule has 1 aliphatic carbocycles. The van der Waals surface area contributed by atoms with Gasteiger partial charge in [0.1, 0.15) is 6.04 Å². The van der Waals surface area contributed by atoms with Crippen LogP contribution in [0.4, 0.5) is 0 Å². The molecule has 1 unspecified atom stereocenters. The molecule has 1 saturated carbocycles. The Bertz CT molecular complexity index is 381. The summed E-state index contributed by atoms with van der Waals surface area (Å²) in [5.41, 5.74) is 0. The van der Waals surface area contributed by atoms with E-state index in [-0.39, 0.29) is 30.3 Å². The van der Waals surface area contributed by atoms with E-state index in [1.165, 1.54) is 0 Å². The van der Waals surface area contributed by atoms with Crippen LogP contribution in [0.5, 0.6) is 0 Å². The molecule has 7 heteroatoms. The molecule has 112 valence electrons. The van der Waals surface area contributed by atoms with Crippen molar-refractivity contribution in [2.75, 3.05) is 19.6 Å². The van der Waals surface area contributed by atoms with Gasteiger partial charge in [0.2, 0.25) is 11.8 Å². The van der Waals surface area contributed by atoms with Crippen molar-refractivity contribution < 1.29 is 19.5 Å². The average molecular weight is 283 g/mol. The van der Waals surface area contributed by atoms with E-state index >= 15 is 0 Å². The monoisotopic (exact) mass is 283 g/mol. The third-order valence-corrected chi connectivity index (χ3v) is 4.09. The quantitative estimate of drug-likeness (QED) is 0.534. The first-order valence-electron chi connectivity index (χ1n) is 7.07. The van der Waals surface area contributed by atoms with Crippen LogP contribution < -0.4 is 16.0 Å². The van der Waals surface area contributed by atoms with E-state index < -0.39 is 5.97 Å². The number of rotatable bonds is 4. The van der Waals surface area contributed by atoms with Crippen LogP contribution >= 0.6 is 0 Å². The highest BCUT2D eigenvalue weighted by molar-refractivity contribution is 5.86. The molecule has 1 atom stereocenters. The van der Waals surface area contributed by atoms with Gasteiger partial charge in [-0.2, -0.15) is 0 Å². The number of nitrogens with one attached hydrogen (secondary N) is 3. The van der Waals surface area contributed by atoms with Crippen LogP contribution in [0.3, 0.4) is 0 Å². The summed E-state index contributed by atoms with van der Waals surface area (Å²) in [7, 11) is 0. The third-order valence-electron chi connectivity index (χ3n) is 4.09. The normalized spacial score (nSPS) is 30.4. The summed E-state index contributed by atoms with van der Waals surface area (Å²) >= 11 is 0. The van der Waals surface area contributed by atoms with Gasteiger partial charge in [0.25, 0.3) is 0 Å². The standard InChI is InChI=1S/C13H21N3O4/c17-11-7-14-10(6-15-11)12(18)16-5-8-1-3-9(4-2-8)13(19)20/h8-10,14H,1-7H2,(H,15,17)(H,16,18)(H,19,20). The number of piperazine rings is 1. The van der Waals surface area contributed by atoms with Gasteiger partial charge in [0.05, 0.1) is 12.5 Å². The van der Waals surface area contributed by atoms with Crippen molar-refractivity contribution in [1.82, 2.24) is 16.0 Å². The Morgan fingerprint density at radius 1 is 1.25 bits per heavy atom. The Balaban J connectivity index is 1.67. The fourth-order valence-electron chi connectivity index (χ4n) is 2.73. The Hall–Kier alpha value is -1.63. The van der Waals surface area contributed by atoms with Crippen molar-refractivity contribution in [3.63, 3.8) is 0 Å². The first kappa shape index (κ1) is 14.8. The maximum absolute atomic E-state index is 11.9. The number of aliphatic carboxylic acids is 1. The van der Waals surface area contributed by atoms with Crippen LogP contribution in [0, 0.1) is 11.8 Å². The van der Waals surface area contributed by atoms with Gasteiger partial charge < -0.3 is 15.7 Å². The molecule has 1 saturated heterocycles. The third kappa shape index (κ3) is 3.93. The summed E-state index contributed by atoms with van der Waals surface area (Å²) in [5.74, 6) is -0.786. The topological polar surface area (TPSA) is 108 Å². The highest BCUT2D eigenvalue weighted by Crippen LogP contribution is 2.28. The first-order valence-corrected chi connectivity index (χ1v) is 7.07. The molecule has 1 heterocycles. The average Bonchev–Trinajstić information content (AvgIpc) is 2.46. The van der Waals surface area contributed by atoms with E-state index in [9.17, 15) is 14.4 Å². The molecule has 1 aliphatic heterocycles. The molecule has 0 aromatic carbocycles. The Kier molecular flexibility index (Phi) is 4.94. The minimum absolute atomic E-state index is 0.0963. The van der Waals surface area contributed by atoms with Gasteiger partial charge in [-0.15, -0.1) is 0 Å². The van der Waals surface area contributed by atoms with Crippen molar-refractivity contribution in [3.05, 3.63) is 0 Å². The second-order valence-electron chi connectivity index (χ2n) is 5.54. The first-order chi connectivity index (χ1) is 9.56.